The fourth-order valence-corrected chi connectivity index (χ4v) is 2.21. The van der Waals surface area contributed by atoms with E-state index in [2.05, 4.69) is 73.1 Å². The predicted octanol–water partition coefficient (Wildman–Crippen LogP) is 4.47. The number of nitrogens with one attached hydrogen (secondary N) is 1. The molecule has 0 fully saturated rings. The highest BCUT2D eigenvalue weighted by molar-refractivity contribution is 7.98. The molecule has 0 aromatic heterocycles. The summed E-state index contributed by atoms with van der Waals surface area (Å²) in [7, 11) is 0. The maximum absolute atomic E-state index is 4.28. The SMILES string of the molecule is CSc1ccc(/C=N/Nc2ccc(C)cc2C)cc1. The highest BCUT2D eigenvalue weighted by atomic mass is 32.2. The highest BCUT2D eigenvalue weighted by Gasteiger charge is 1.96. The highest BCUT2D eigenvalue weighted by Crippen LogP contribution is 2.16. The molecule has 0 unspecified atom stereocenters. The van der Waals surface area contributed by atoms with Crippen LogP contribution >= 0.6 is 11.8 Å². The van der Waals surface area contributed by atoms with Gasteiger partial charge in [0.15, 0.2) is 0 Å². The summed E-state index contributed by atoms with van der Waals surface area (Å²) in [5.74, 6) is 0. The second-order valence-electron chi connectivity index (χ2n) is 4.46. The molecule has 0 spiro atoms. The molecule has 19 heavy (non-hydrogen) atoms. The van der Waals surface area contributed by atoms with Crippen LogP contribution in [-0.2, 0) is 0 Å². The van der Waals surface area contributed by atoms with Crippen LogP contribution in [0.5, 0.6) is 0 Å². The number of hydrogen-bond donors (Lipinski definition) is 1. The smallest absolute Gasteiger partial charge is 0.0591 e. The van der Waals surface area contributed by atoms with Crippen LogP contribution in [0, 0.1) is 13.8 Å². The molecule has 0 atom stereocenters. The van der Waals surface area contributed by atoms with Gasteiger partial charge in [0.2, 0.25) is 0 Å². The lowest BCUT2D eigenvalue weighted by Crippen LogP contribution is -1.93. The zero-order valence-corrected chi connectivity index (χ0v) is 12.3. The summed E-state index contributed by atoms with van der Waals surface area (Å²) in [5, 5.41) is 4.28. The molecule has 0 aliphatic rings. The van der Waals surface area contributed by atoms with Crippen molar-refractivity contribution in [2.75, 3.05) is 11.7 Å². The van der Waals surface area contributed by atoms with Crippen LogP contribution in [0.2, 0.25) is 0 Å². The van der Waals surface area contributed by atoms with Gasteiger partial charge in [-0.25, -0.2) is 0 Å². The topological polar surface area (TPSA) is 24.4 Å². The number of nitrogens with zero attached hydrogens (tertiary/aromatic N) is 1. The standard InChI is InChI=1S/C16H18N2S/c1-12-4-9-16(13(2)10-12)18-17-11-14-5-7-15(19-3)8-6-14/h4-11,18H,1-3H3/b17-11+. The van der Waals surface area contributed by atoms with Crippen LogP contribution in [-0.4, -0.2) is 12.5 Å². The number of thioether (sulfide) groups is 1. The van der Waals surface area contributed by atoms with Gasteiger partial charge >= 0.3 is 0 Å². The van der Waals surface area contributed by atoms with Crippen molar-refractivity contribution >= 4 is 23.7 Å². The van der Waals surface area contributed by atoms with Crippen molar-refractivity contribution in [3.8, 4) is 0 Å². The van der Waals surface area contributed by atoms with Crippen LogP contribution < -0.4 is 5.43 Å². The van der Waals surface area contributed by atoms with Gasteiger partial charge in [0.05, 0.1) is 11.9 Å². The van der Waals surface area contributed by atoms with E-state index in [1.54, 1.807) is 11.8 Å². The third kappa shape index (κ3) is 3.86. The van der Waals surface area contributed by atoms with Crippen LogP contribution in [0.15, 0.2) is 52.5 Å². The van der Waals surface area contributed by atoms with E-state index in [1.807, 2.05) is 6.21 Å². The van der Waals surface area contributed by atoms with E-state index in [0.717, 1.165) is 11.3 Å². The second-order valence-corrected chi connectivity index (χ2v) is 5.34. The minimum atomic E-state index is 1.04. The average molecular weight is 270 g/mol. The van der Waals surface area contributed by atoms with Crippen molar-refractivity contribution in [3.63, 3.8) is 0 Å². The Kier molecular flexibility index (Phi) is 4.63. The number of rotatable bonds is 4. The Labute approximate surface area is 118 Å². The Morgan fingerprint density at radius 1 is 1.05 bits per heavy atom. The minimum absolute atomic E-state index is 1.04. The second kappa shape index (κ2) is 6.43. The summed E-state index contributed by atoms with van der Waals surface area (Å²) >= 11 is 1.74. The van der Waals surface area contributed by atoms with Gasteiger partial charge in [-0.1, -0.05) is 29.8 Å². The number of hydrogen-bond acceptors (Lipinski definition) is 3. The number of anilines is 1. The zero-order valence-electron chi connectivity index (χ0n) is 11.5. The number of aryl methyl sites for hydroxylation is 2. The average Bonchev–Trinajstić information content (AvgIpc) is 2.42. The minimum Gasteiger partial charge on any atom is -0.278 e. The zero-order chi connectivity index (χ0) is 13.7. The van der Waals surface area contributed by atoms with Crippen LogP contribution in [0.1, 0.15) is 16.7 Å². The van der Waals surface area contributed by atoms with E-state index in [1.165, 1.54) is 16.0 Å². The molecule has 3 heteroatoms. The van der Waals surface area contributed by atoms with Gasteiger partial charge in [0.25, 0.3) is 0 Å². The Balaban J connectivity index is 2.02. The summed E-state index contributed by atoms with van der Waals surface area (Å²) in [6, 6.07) is 14.6. The van der Waals surface area contributed by atoms with Gasteiger partial charge in [-0.3, -0.25) is 5.43 Å². The monoisotopic (exact) mass is 270 g/mol. The third-order valence-electron chi connectivity index (χ3n) is 2.90. The molecule has 0 bridgehead atoms. The van der Waals surface area contributed by atoms with Crippen molar-refractivity contribution in [2.24, 2.45) is 5.10 Å². The van der Waals surface area contributed by atoms with Gasteiger partial charge in [-0.15, -0.1) is 11.8 Å². The van der Waals surface area contributed by atoms with Crippen molar-refractivity contribution in [2.45, 2.75) is 18.7 Å². The molecule has 0 amide bonds. The maximum Gasteiger partial charge on any atom is 0.0591 e. The van der Waals surface area contributed by atoms with E-state index >= 15 is 0 Å². The Morgan fingerprint density at radius 2 is 1.79 bits per heavy atom. The molecule has 2 rings (SSSR count). The fourth-order valence-electron chi connectivity index (χ4n) is 1.81. The van der Waals surface area contributed by atoms with Gasteiger partial charge in [0, 0.05) is 4.90 Å². The van der Waals surface area contributed by atoms with Gasteiger partial charge < -0.3 is 0 Å². The molecule has 2 aromatic carbocycles. The van der Waals surface area contributed by atoms with E-state index in [0.29, 0.717) is 0 Å². The summed E-state index contributed by atoms with van der Waals surface area (Å²) in [4.78, 5) is 1.26. The summed E-state index contributed by atoms with van der Waals surface area (Å²) < 4.78 is 0. The fraction of sp³-hybridized carbons (Fsp3) is 0.188. The molecular formula is C16H18N2S. The van der Waals surface area contributed by atoms with E-state index in [9.17, 15) is 0 Å². The lowest BCUT2D eigenvalue weighted by atomic mass is 10.1. The largest absolute Gasteiger partial charge is 0.278 e. The number of benzene rings is 2. The quantitative estimate of drug-likeness (QED) is 0.503. The summed E-state index contributed by atoms with van der Waals surface area (Å²) in [5.41, 5.74) is 7.69. The number of hydrazone groups is 1. The normalized spacial score (nSPS) is 10.9. The first kappa shape index (κ1) is 13.7. The lowest BCUT2D eigenvalue weighted by molar-refractivity contribution is 1.29. The van der Waals surface area contributed by atoms with Crippen LogP contribution in [0.25, 0.3) is 0 Å². The molecule has 0 saturated heterocycles. The van der Waals surface area contributed by atoms with Crippen molar-refractivity contribution in [1.29, 1.82) is 0 Å². The molecule has 0 aliphatic carbocycles. The van der Waals surface area contributed by atoms with Crippen molar-refractivity contribution in [1.82, 2.24) is 0 Å². The molecule has 0 heterocycles. The molecule has 2 aromatic rings. The Hall–Kier alpha value is -1.74. The third-order valence-corrected chi connectivity index (χ3v) is 3.64. The van der Waals surface area contributed by atoms with Gasteiger partial charge in [-0.2, -0.15) is 5.10 Å². The van der Waals surface area contributed by atoms with Crippen molar-refractivity contribution in [3.05, 3.63) is 59.2 Å². The summed E-state index contributed by atoms with van der Waals surface area (Å²) in [6.45, 7) is 4.17. The van der Waals surface area contributed by atoms with E-state index < -0.39 is 0 Å². The molecule has 0 radical (unpaired) electrons. The molecule has 1 N–H and O–H groups in total. The maximum atomic E-state index is 4.28. The van der Waals surface area contributed by atoms with E-state index in [4.69, 9.17) is 0 Å². The molecule has 98 valence electrons. The van der Waals surface area contributed by atoms with Gasteiger partial charge in [-0.05, 0) is 49.4 Å². The molecule has 0 saturated carbocycles. The van der Waals surface area contributed by atoms with E-state index in [-0.39, 0.29) is 0 Å². The lowest BCUT2D eigenvalue weighted by Gasteiger charge is -2.05. The molecule has 0 aliphatic heterocycles. The first-order valence-electron chi connectivity index (χ1n) is 6.19. The Morgan fingerprint density at radius 3 is 2.42 bits per heavy atom. The van der Waals surface area contributed by atoms with Crippen LogP contribution in [0.3, 0.4) is 0 Å². The first-order chi connectivity index (χ1) is 9.19. The molecule has 2 nitrogen and oxygen atoms in total. The van der Waals surface area contributed by atoms with Crippen molar-refractivity contribution < 1.29 is 0 Å². The first-order valence-corrected chi connectivity index (χ1v) is 7.42. The Bertz CT molecular complexity index is 574. The van der Waals surface area contributed by atoms with Gasteiger partial charge in [0.1, 0.15) is 0 Å². The van der Waals surface area contributed by atoms with Crippen LogP contribution in [0.4, 0.5) is 5.69 Å². The summed E-state index contributed by atoms with van der Waals surface area (Å²) in [6.07, 6.45) is 3.91. The molecular weight excluding hydrogens is 252 g/mol. The predicted molar refractivity (Wildman–Crippen MR) is 85.4 cm³/mol.